The van der Waals surface area contributed by atoms with E-state index in [4.69, 9.17) is 0 Å². The van der Waals surface area contributed by atoms with E-state index in [1.165, 1.54) is 12.1 Å². The molecule has 2 rings (SSSR count). The minimum atomic E-state index is -0.849. The minimum absolute atomic E-state index is 0.187. The van der Waals surface area contributed by atoms with E-state index in [0.717, 1.165) is 30.4 Å². The molecule has 2 heteroatoms. The van der Waals surface area contributed by atoms with Crippen LogP contribution in [-0.4, -0.2) is 5.11 Å². The standard InChI is InChI=1S/C15H21FO/c1-10-6-7-15(17,12(3)8-10)14-9-13(16)5-4-11(14)2/h4-5,9-10,12,17H,6-8H2,1-3H3. The van der Waals surface area contributed by atoms with Gasteiger partial charge in [0.05, 0.1) is 5.60 Å². The molecule has 0 saturated heterocycles. The molecule has 3 unspecified atom stereocenters. The van der Waals surface area contributed by atoms with Crippen LogP contribution in [0.5, 0.6) is 0 Å². The van der Waals surface area contributed by atoms with Crippen LogP contribution >= 0.6 is 0 Å². The third kappa shape index (κ3) is 2.23. The lowest BCUT2D eigenvalue weighted by Crippen LogP contribution is -2.39. The lowest BCUT2D eigenvalue weighted by Gasteiger charge is -2.41. The van der Waals surface area contributed by atoms with Crippen molar-refractivity contribution in [3.63, 3.8) is 0 Å². The topological polar surface area (TPSA) is 20.2 Å². The highest BCUT2D eigenvalue weighted by atomic mass is 19.1. The van der Waals surface area contributed by atoms with Crippen molar-refractivity contribution in [2.75, 3.05) is 0 Å². The van der Waals surface area contributed by atoms with Crippen LogP contribution in [0.2, 0.25) is 0 Å². The van der Waals surface area contributed by atoms with Crippen LogP contribution in [0.3, 0.4) is 0 Å². The van der Waals surface area contributed by atoms with Crippen LogP contribution in [0.1, 0.15) is 44.2 Å². The second kappa shape index (κ2) is 4.41. The van der Waals surface area contributed by atoms with Crippen LogP contribution in [0.25, 0.3) is 0 Å². The summed E-state index contributed by atoms with van der Waals surface area (Å²) in [5.41, 5.74) is 0.908. The van der Waals surface area contributed by atoms with E-state index < -0.39 is 5.60 Å². The molecule has 0 heterocycles. The lowest BCUT2D eigenvalue weighted by atomic mass is 9.68. The third-order valence-electron chi connectivity index (χ3n) is 4.26. The molecular weight excluding hydrogens is 215 g/mol. The highest BCUT2D eigenvalue weighted by Crippen LogP contribution is 2.44. The fraction of sp³-hybridized carbons (Fsp3) is 0.600. The summed E-state index contributed by atoms with van der Waals surface area (Å²) in [7, 11) is 0. The summed E-state index contributed by atoms with van der Waals surface area (Å²) in [5, 5.41) is 10.9. The summed E-state index contributed by atoms with van der Waals surface area (Å²) in [6, 6.07) is 4.72. The number of hydrogen-bond donors (Lipinski definition) is 1. The van der Waals surface area contributed by atoms with Gasteiger partial charge in [-0.1, -0.05) is 19.9 Å². The number of benzene rings is 1. The van der Waals surface area contributed by atoms with Crippen molar-refractivity contribution in [1.29, 1.82) is 0 Å². The molecule has 1 aromatic rings. The van der Waals surface area contributed by atoms with Gasteiger partial charge in [-0.05, 0) is 61.3 Å². The van der Waals surface area contributed by atoms with Gasteiger partial charge in [0, 0.05) is 0 Å². The van der Waals surface area contributed by atoms with Gasteiger partial charge in [-0.15, -0.1) is 0 Å². The van der Waals surface area contributed by atoms with Crippen molar-refractivity contribution >= 4 is 0 Å². The van der Waals surface area contributed by atoms with Crippen molar-refractivity contribution in [1.82, 2.24) is 0 Å². The summed E-state index contributed by atoms with van der Waals surface area (Å²) in [6.45, 7) is 6.23. The van der Waals surface area contributed by atoms with Crippen molar-refractivity contribution < 1.29 is 9.50 Å². The molecule has 1 saturated carbocycles. The molecule has 0 spiro atoms. The van der Waals surface area contributed by atoms with E-state index in [1.807, 2.05) is 6.92 Å². The Labute approximate surface area is 103 Å². The molecular formula is C15H21FO. The maximum absolute atomic E-state index is 13.4. The van der Waals surface area contributed by atoms with Gasteiger partial charge >= 0.3 is 0 Å². The molecule has 1 fully saturated rings. The van der Waals surface area contributed by atoms with E-state index in [2.05, 4.69) is 13.8 Å². The highest BCUT2D eigenvalue weighted by molar-refractivity contribution is 5.33. The normalized spacial score (nSPS) is 33.7. The Bertz CT molecular complexity index is 415. The van der Waals surface area contributed by atoms with E-state index >= 15 is 0 Å². The first-order valence-electron chi connectivity index (χ1n) is 6.42. The molecule has 1 aliphatic rings. The van der Waals surface area contributed by atoms with Gasteiger partial charge in [0.15, 0.2) is 0 Å². The van der Waals surface area contributed by atoms with Crippen LogP contribution in [0.4, 0.5) is 4.39 Å². The number of halogens is 1. The Balaban J connectivity index is 2.40. The summed E-state index contributed by atoms with van der Waals surface area (Å²) in [5.74, 6) is 0.579. The van der Waals surface area contributed by atoms with Crippen LogP contribution in [0.15, 0.2) is 18.2 Å². The second-order valence-corrected chi connectivity index (χ2v) is 5.66. The van der Waals surface area contributed by atoms with Gasteiger partial charge in [0.2, 0.25) is 0 Å². The third-order valence-corrected chi connectivity index (χ3v) is 4.26. The number of rotatable bonds is 1. The molecule has 1 aromatic carbocycles. The SMILES string of the molecule is Cc1ccc(F)cc1C1(O)CCC(C)CC1C. The number of hydrogen-bond acceptors (Lipinski definition) is 1. The molecule has 0 bridgehead atoms. The number of aliphatic hydroxyl groups is 1. The molecule has 1 N–H and O–H groups in total. The van der Waals surface area contributed by atoms with Gasteiger partial charge < -0.3 is 5.11 Å². The molecule has 1 aliphatic carbocycles. The first-order valence-corrected chi connectivity index (χ1v) is 6.42. The maximum Gasteiger partial charge on any atom is 0.123 e. The zero-order valence-electron chi connectivity index (χ0n) is 10.8. The average Bonchev–Trinajstić information content (AvgIpc) is 2.27. The zero-order valence-corrected chi connectivity index (χ0v) is 10.8. The first kappa shape index (κ1) is 12.6. The highest BCUT2D eigenvalue weighted by Gasteiger charge is 2.40. The summed E-state index contributed by atoms with van der Waals surface area (Å²) in [6.07, 6.45) is 2.75. The lowest BCUT2D eigenvalue weighted by molar-refractivity contribution is -0.0594. The van der Waals surface area contributed by atoms with Gasteiger partial charge in [-0.2, -0.15) is 0 Å². The molecule has 0 aromatic heterocycles. The quantitative estimate of drug-likeness (QED) is 0.786. The largest absolute Gasteiger partial charge is 0.385 e. The van der Waals surface area contributed by atoms with Crippen molar-refractivity contribution in [2.45, 2.75) is 45.6 Å². The first-order chi connectivity index (χ1) is 7.93. The molecule has 0 aliphatic heterocycles. The van der Waals surface area contributed by atoms with Crippen molar-refractivity contribution in [2.24, 2.45) is 11.8 Å². The van der Waals surface area contributed by atoms with Crippen LogP contribution < -0.4 is 0 Å². The summed E-state index contributed by atoms with van der Waals surface area (Å²) < 4.78 is 13.4. The van der Waals surface area contributed by atoms with Gasteiger partial charge in [-0.25, -0.2) is 4.39 Å². The Kier molecular flexibility index (Phi) is 3.26. The predicted molar refractivity (Wildman–Crippen MR) is 67.2 cm³/mol. The Morgan fingerprint density at radius 3 is 2.71 bits per heavy atom. The summed E-state index contributed by atoms with van der Waals surface area (Å²) in [4.78, 5) is 0. The minimum Gasteiger partial charge on any atom is -0.385 e. The van der Waals surface area contributed by atoms with Gasteiger partial charge in [0.1, 0.15) is 5.82 Å². The van der Waals surface area contributed by atoms with E-state index in [-0.39, 0.29) is 11.7 Å². The molecule has 94 valence electrons. The Morgan fingerprint density at radius 2 is 2.06 bits per heavy atom. The smallest absolute Gasteiger partial charge is 0.123 e. The fourth-order valence-corrected chi connectivity index (χ4v) is 3.09. The number of aryl methyl sites for hydroxylation is 1. The fourth-order valence-electron chi connectivity index (χ4n) is 3.09. The molecule has 0 amide bonds. The Morgan fingerprint density at radius 1 is 1.35 bits per heavy atom. The molecule has 1 nitrogen and oxygen atoms in total. The van der Waals surface area contributed by atoms with E-state index in [0.29, 0.717) is 5.92 Å². The second-order valence-electron chi connectivity index (χ2n) is 5.66. The monoisotopic (exact) mass is 236 g/mol. The van der Waals surface area contributed by atoms with Crippen LogP contribution in [-0.2, 0) is 5.60 Å². The van der Waals surface area contributed by atoms with Crippen molar-refractivity contribution in [3.8, 4) is 0 Å². The van der Waals surface area contributed by atoms with Gasteiger partial charge in [0.25, 0.3) is 0 Å². The van der Waals surface area contributed by atoms with E-state index in [9.17, 15) is 9.50 Å². The zero-order chi connectivity index (χ0) is 12.6. The van der Waals surface area contributed by atoms with Crippen LogP contribution in [0, 0.1) is 24.6 Å². The molecule has 3 atom stereocenters. The molecule has 17 heavy (non-hydrogen) atoms. The van der Waals surface area contributed by atoms with E-state index in [1.54, 1.807) is 6.07 Å². The maximum atomic E-state index is 13.4. The van der Waals surface area contributed by atoms with Crippen molar-refractivity contribution in [3.05, 3.63) is 35.1 Å². The predicted octanol–water partition coefficient (Wildman–Crippen LogP) is 3.78. The Hall–Kier alpha value is -0.890. The molecule has 0 radical (unpaired) electrons. The average molecular weight is 236 g/mol. The van der Waals surface area contributed by atoms with Gasteiger partial charge in [-0.3, -0.25) is 0 Å². The summed E-state index contributed by atoms with van der Waals surface area (Å²) >= 11 is 0.